The first-order valence-electron chi connectivity index (χ1n) is 6.54. The van der Waals surface area contributed by atoms with E-state index in [4.69, 9.17) is 0 Å². The summed E-state index contributed by atoms with van der Waals surface area (Å²) >= 11 is 0. The fraction of sp³-hybridized carbons (Fsp3) is 0.769. The topological polar surface area (TPSA) is 50.1 Å². The van der Waals surface area contributed by atoms with Gasteiger partial charge in [0.05, 0.1) is 5.69 Å². The molecule has 1 aromatic heterocycles. The number of nitrogens with zero attached hydrogens (tertiary/aromatic N) is 2. The number of aryl methyl sites for hydroxylation is 1. The summed E-state index contributed by atoms with van der Waals surface area (Å²) in [6.45, 7) is 2.05. The van der Waals surface area contributed by atoms with E-state index in [0.29, 0.717) is 6.61 Å². The summed E-state index contributed by atoms with van der Waals surface area (Å²) in [4.78, 5) is 0. The summed E-state index contributed by atoms with van der Waals surface area (Å²) in [5.74, 6) is 0. The molecular weight excluding hydrogens is 214 g/mol. The molecule has 0 radical (unpaired) electrons. The Balaban J connectivity index is 1.82. The van der Waals surface area contributed by atoms with Crippen molar-refractivity contribution in [2.24, 2.45) is 12.5 Å². The van der Waals surface area contributed by atoms with Crippen LogP contribution in [-0.4, -0.2) is 28.0 Å². The van der Waals surface area contributed by atoms with Gasteiger partial charge in [-0.05, 0) is 18.9 Å². The fourth-order valence-electron chi connectivity index (χ4n) is 2.72. The molecule has 1 fully saturated rings. The maximum absolute atomic E-state index is 9.60. The second kappa shape index (κ2) is 5.65. The van der Waals surface area contributed by atoms with E-state index < -0.39 is 0 Å². The molecular formula is C13H23N3O. The summed E-state index contributed by atoms with van der Waals surface area (Å²) in [5, 5.41) is 17.2. The maximum Gasteiger partial charge on any atom is 0.0518 e. The molecule has 2 rings (SSSR count). The van der Waals surface area contributed by atoms with Gasteiger partial charge in [0.25, 0.3) is 0 Å². The number of hydrogen-bond acceptors (Lipinski definition) is 3. The van der Waals surface area contributed by atoms with Crippen molar-refractivity contribution in [1.29, 1.82) is 0 Å². The Morgan fingerprint density at radius 1 is 1.41 bits per heavy atom. The number of aromatic nitrogens is 2. The van der Waals surface area contributed by atoms with E-state index in [-0.39, 0.29) is 5.41 Å². The first-order valence-corrected chi connectivity index (χ1v) is 6.54. The predicted molar refractivity (Wildman–Crippen MR) is 67.5 cm³/mol. The zero-order valence-electron chi connectivity index (χ0n) is 10.7. The molecule has 0 bridgehead atoms. The lowest BCUT2D eigenvalue weighted by atomic mass is 9.74. The van der Waals surface area contributed by atoms with E-state index in [0.717, 1.165) is 25.9 Å². The highest BCUT2D eigenvalue weighted by molar-refractivity contribution is 4.99. The van der Waals surface area contributed by atoms with Crippen LogP contribution in [0.2, 0.25) is 0 Å². The van der Waals surface area contributed by atoms with E-state index in [1.165, 1.54) is 25.0 Å². The van der Waals surface area contributed by atoms with Crippen LogP contribution in [0.5, 0.6) is 0 Å². The number of aliphatic hydroxyl groups excluding tert-OH is 1. The molecule has 1 heterocycles. The van der Waals surface area contributed by atoms with Gasteiger partial charge in [0.2, 0.25) is 0 Å². The van der Waals surface area contributed by atoms with Gasteiger partial charge in [0.15, 0.2) is 0 Å². The van der Waals surface area contributed by atoms with Crippen LogP contribution < -0.4 is 5.32 Å². The van der Waals surface area contributed by atoms with Crippen molar-refractivity contribution in [2.75, 3.05) is 13.2 Å². The van der Waals surface area contributed by atoms with Gasteiger partial charge in [-0.25, -0.2) is 0 Å². The lowest BCUT2D eigenvalue weighted by Gasteiger charge is -2.35. The Hall–Kier alpha value is -0.870. The fourth-order valence-corrected chi connectivity index (χ4v) is 2.72. The van der Waals surface area contributed by atoms with Crippen LogP contribution in [0.3, 0.4) is 0 Å². The van der Waals surface area contributed by atoms with Crippen LogP contribution in [0, 0.1) is 5.41 Å². The molecule has 1 aliphatic rings. The van der Waals surface area contributed by atoms with Gasteiger partial charge in [-0.1, -0.05) is 19.3 Å². The molecule has 4 nitrogen and oxygen atoms in total. The predicted octanol–water partition coefficient (Wildman–Crippen LogP) is 1.45. The van der Waals surface area contributed by atoms with Gasteiger partial charge >= 0.3 is 0 Å². The summed E-state index contributed by atoms with van der Waals surface area (Å²) in [5.41, 5.74) is 1.31. The summed E-state index contributed by atoms with van der Waals surface area (Å²) in [6, 6.07) is 2.03. The van der Waals surface area contributed by atoms with E-state index in [9.17, 15) is 5.11 Å². The minimum absolute atomic E-state index is 0.122. The first kappa shape index (κ1) is 12.6. The highest BCUT2D eigenvalue weighted by Crippen LogP contribution is 2.35. The van der Waals surface area contributed by atoms with Gasteiger partial charge in [0.1, 0.15) is 0 Å². The molecule has 1 aliphatic carbocycles. The molecule has 0 unspecified atom stereocenters. The molecule has 0 atom stereocenters. The Bertz CT molecular complexity index is 342. The van der Waals surface area contributed by atoms with Gasteiger partial charge in [0, 0.05) is 38.4 Å². The second-order valence-corrected chi connectivity index (χ2v) is 5.27. The van der Waals surface area contributed by atoms with Crippen molar-refractivity contribution in [3.63, 3.8) is 0 Å². The molecule has 96 valence electrons. The van der Waals surface area contributed by atoms with E-state index in [1.54, 1.807) is 0 Å². The second-order valence-electron chi connectivity index (χ2n) is 5.27. The van der Waals surface area contributed by atoms with Crippen LogP contribution in [0.1, 0.15) is 37.8 Å². The first-order chi connectivity index (χ1) is 8.26. The Labute approximate surface area is 103 Å². The molecule has 0 aromatic carbocycles. The van der Waals surface area contributed by atoms with Crippen molar-refractivity contribution in [3.05, 3.63) is 18.0 Å². The highest BCUT2D eigenvalue weighted by atomic mass is 16.3. The molecule has 2 N–H and O–H groups in total. The average molecular weight is 237 g/mol. The van der Waals surface area contributed by atoms with Crippen molar-refractivity contribution >= 4 is 0 Å². The van der Waals surface area contributed by atoms with Crippen molar-refractivity contribution in [2.45, 2.75) is 38.6 Å². The largest absolute Gasteiger partial charge is 0.396 e. The van der Waals surface area contributed by atoms with Crippen molar-refractivity contribution in [3.8, 4) is 0 Å². The summed E-state index contributed by atoms with van der Waals surface area (Å²) in [7, 11) is 1.96. The molecule has 1 aromatic rings. The molecule has 0 aliphatic heterocycles. The molecule has 0 amide bonds. The van der Waals surface area contributed by atoms with Crippen molar-refractivity contribution < 1.29 is 5.11 Å². The molecule has 4 heteroatoms. The number of rotatable bonds is 5. The standard InChI is InChI=1S/C13H23N3O/c1-16-12(5-8-15-16)9-14-10-13(11-17)6-3-2-4-7-13/h5,8,14,17H,2-4,6-7,9-11H2,1H3. The van der Waals surface area contributed by atoms with Gasteiger partial charge < -0.3 is 10.4 Å². The highest BCUT2D eigenvalue weighted by Gasteiger charge is 2.30. The molecule has 17 heavy (non-hydrogen) atoms. The van der Waals surface area contributed by atoms with Gasteiger partial charge in [-0.15, -0.1) is 0 Å². The molecule has 0 spiro atoms. The molecule has 1 saturated carbocycles. The van der Waals surface area contributed by atoms with E-state index in [1.807, 2.05) is 24.0 Å². The van der Waals surface area contributed by atoms with Gasteiger partial charge in [-0.3, -0.25) is 4.68 Å². The minimum atomic E-state index is 0.122. The zero-order chi connectivity index (χ0) is 12.1. The monoisotopic (exact) mass is 237 g/mol. The third kappa shape index (κ3) is 3.07. The van der Waals surface area contributed by atoms with E-state index >= 15 is 0 Å². The maximum atomic E-state index is 9.60. The van der Waals surface area contributed by atoms with E-state index in [2.05, 4.69) is 10.4 Å². The summed E-state index contributed by atoms with van der Waals surface area (Å²) < 4.78 is 1.89. The quantitative estimate of drug-likeness (QED) is 0.815. The SMILES string of the molecule is Cn1nccc1CNCC1(CO)CCCCC1. The third-order valence-electron chi connectivity index (χ3n) is 3.98. The van der Waals surface area contributed by atoms with Crippen LogP contribution in [-0.2, 0) is 13.6 Å². The Kier molecular flexibility index (Phi) is 4.18. The van der Waals surface area contributed by atoms with Crippen LogP contribution >= 0.6 is 0 Å². The molecule has 0 saturated heterocycles. The lowest BCUT2D eigenvalue weighted by Crippen LogP contribution is -2.39. The smallest absolute Gasteiger partial charge is 0.0518 e. The lowest BCUT2D eigenvalue weighted by molar-refractivity contribution is 0.0809. The zero-order valence-corrected chi connectivity index (χ0v) is 10.7. The minimum Gasteiger partial charge on any atom is -0.396 e. The Morgan fingerprint density at radius 3 is 2.76 bits per heavy atom. The van der Waals surface area contributed by atoms with Gasteiger partial charge in [-0.2, -0.15) is 5.10 Å². The Morgan fingerprint density at radius 2 is 2.18 bits per heavy atom. The van der Waals surface area contributed by atoms with Crippen molar-refractivity contribution in [1.82, 2.24) is 15.1 Å². The normalized spacial score (nSPS) is 19.4. The van der Waals surface area contributed by atoms with Crippen LogP contribution in [0.25, 0.3) is 0 Å². The van der Waals surface area contributed by atoms with Crippen LogP contribution in [0.15, 0.2) is 12.3 Å². The number of nitrogens with one attached hydrogen (secondary N) is 1. The third-order valence-corrected chi connectivity index (χ3v) is 3.98. The average Bonchev–Trinajstić information content (AvgIpc) is 2.76. The number of aliphatic hydroxyl groups is 1. The van der Waals surface area contributed by atoms with Crippen LogP contribution in [0.4, 0.5) is 0 Å². The number of hydrogen-bond donors (Lipinski definition) is 2. The summed E-state index contributed by atoms with van der Waals surface area (Å²) in [6.07, 6.45) is 7.97.